The van der Waals surface area contributed by atoms with Gasteiger partial charge in [-0.3, -0.25) is 4.79 Å². The maximum atomic E-state index is 12.4. The first kappa shape index (κ1) is 17.6. The van der Waals surface area contributed by atoms with Crippen LogP contribution in [0.1, 0.15) is 24.2 Å². The van der Waals surface area contributed by atoms with E-state index in [1.165, 1.54) is 0 Å². The number of rotatable bonds is 1. The van der Waals surface area contributed by atoms with Crippen LogP contribution < -0.4 is 0 Å². The molecular weight excluding hydrogens is 282 g/mol. The normalized spacial score (nSPS) is 8.19. The van der Waals surface area contributed by atoms with Gasteiger partial charge in [0.15, 0.2) is 17.9 Å². The van der Waals surface area contributed by atoms with Crippen LogP contribution in [0.25, 0.3) is 0 Å². The summed E-state index contributed by atoms with van der Waals surface area (Å²) in [7, 11) is 3.25. The molecule has 0 aliphatic carbocycles. The molecular formula is C11H15BrF2O2. The molecule has 0 unspecified atom stereocenters. The van der Waals surface area contributed by atoms with Gasteiger partial charge in [0, 0.05) is 24.3 Å². The number of halogens is 3. The largest absolute Gasteiger partial charge is 0.388 e. The van der Waals surface area contributed by atoms with Crippen molar-refractivity contribution in [1.82, 2.24) is 0 Å². The summed E-state index contributed by atoms with van der Waals surface area (Å²) >= 11 is 2.90. The van der Waals surface area contributed by atoms with E-state index in [2.05, 4.69) is 20.7 Å². The maximum Gasteiger partial charge on any atom is 0.159 e. The lowest BCUT2D eigenvalue weighted by molar-refractivity contribution is 0.112. The number of aldehydes is 1. The molecule has 0 amide bonds. The summed E-state index contributed by atoms with van der Waals surface area (Å²) < 4.78 is 29.3. The van der Waals surface area contributed by atoms with E-state index in [1.807, 2.05) is 13.8 Å². The molecule has 0 aliphatic rings. The highest BCUT2D eigenvalue weighted by atomic mass is 79.9. The molecule has 0 spiro atoms. The first-order valence-electron chi connectivity index (χ1n) is 4.56. The predicted octanol–water partition coefficient (Wildman–Crippen LogP) is 3.83. The Balaban J connectivity index is 0. The molecule has 1 rings (SSSR count). The number of hydrogen-bond donors (Lipinski definition) is 0. The fourth-order valence-corrected chi connectivity index (χ4v) is 1.04. The van der Waals surface area contributed by atoms with Crippen LogP contribution in [-0.4, -0.2) is 20.5 Å². The van der Waals surface area contributed by atoms with Gasteiger partial charge in [0.25, 0.3) is 0 Å². The Bertz CT molecular complexity index is 317. The quantitative estimate of drug-likeness (QED) is 0.581. The molecule has 92 valence electrons. The van der Waals surface area contributed by atoms with Crippen LogP contribution in [0.2, 0.25) is 0 Å². The second-order valence-electron chi connectivity index (χ2n) is 2.31. The maximum absolute atomic E-state index is 12.4. The minimum atomic E-state index is -1.02. The SMILES string of the molecule is CC.COC.O=Cc1cc(F)c(F)cc1Br. The number of ether oxygens (including phenoxy) is 1. The standard InChI is InChI=1S/C7H3BrF2O.C2H6O.C2H6/c8-5-2-7(10)6(9)1-4(5)3-11;1-3-2;1-2/h1-3H;1-2H3;1-2H3. The molecule has 0 aliphatic heterocycles. The molecule has 0 N–H and O–H groups in total. The van der Waals surface area contributed by atoms with Crippen molar-refractivity contribution < 1.29 is 18.3 Å². The molecule has 2 nitrogen and oxygen atoms in total. The van der Waals surface area contributed by atoms with Crippen molar-refractivity contribution in [2.45, 2.75) is 13.8 Å². The first-order valence-corrected chi connectivity index (χ1v) is 5.36. The monoisotopic (exact) mass is 296 g/mol. The Morgan fingerprint density at radius 1 is 1.19 bits per heavy atom. The lowest BCUT2D eigenvalue weighted by Gasteiger charge is -1.96. The van der Waals surface area contributed by atoms with E-state index in [4.69, 9.17) is 0 Å². The van der Waals surface area contributed by atoms with Crippen molar-refractivity contribution >= 4 is 22.2 Å². The average Bonchev–Trinajstić information content (AvgIpc) is 2.27. The highest BCUT2D eigenvalue weighted by molar-refractivity contribution is 9.10. The summed E-state index contributed by atoms with van der Waals surface area (Å²) in [6.45, 7) is 4.00. The highest BCUT2D eigenvalue weighted by Gasteiger charge is 2.06. The molecule has 5 heteroatoms. The van der Waals surface area contributed by atoms with Crippen molar-refractivity contribution in [1.29, 1.82) is 0 Å². The molecule has 0 aromatic heterocycles. The zero-order valence-corrected chi connectivity index (χ0v) is 11.3. The van der Waals surface area contributed by atoms with E-state index in [9.17, 15) is 13.6 Å². The van der Waals surface area contributed by atoms with Crippen LogP contribution >= 0.6 is 15.9 Å². The van der Waals surface area contributed by atoms with Crippen LogP contribution in [0, 0.1) is 11.6 Å². The molecule has 0 saturated carbocycles. The summed E-state index contributed by atoms with van der Waals surface area (Å²) in [5.41, 5.74) is 0.101. The topological polar surface area (TPSA) is 26.3 Å². The third-order valence-corrected chi connectivity index (χ3v) is 1.85. The lowest BCUT2D eigenvalue weighted by atomic mass is 10.2. The minimum absolute atomic E-state index is 0.101. The smallest absolute Gasteiger partial charge is 0.159 e. The average molecular weight is 297 g/mol. The van der Waals surface area contributed by atoms with E-state index >= 15 is 0 Å². The van der Waals surface area contributed by atoms with Crippen molar-refractivity contribution in [3.05, 3.63) is 33.8 Å². The zero-order chi connectivity index (χ0) is 13.1. The number of methoxy groups -OCH3 is 1. The minimum Gasteiger partial charge on any atom is -0.388 e. The number of carbonyl (C=O) groups is 1. The van der Waals surface area contributed by atoms with Gasteiger partial charge in [0.2, 0.25) is 0 Å². The number of benzene rings is 1. The molecule has 16 heavy (non-hydrogen) atoms. The van der Waals surface area contributed by atoms with Gasteiger partial charge in [-0.15, -0.1) is 0 Å². The molecule has 1 aromatic carbocycles. The Kier molecular flexibility index (Phi) is 11.8. The van der Waals surface area contributed by atoms with Crippen molar-refractivity contribution in [2.75, 3.05) is 14.2 Å². The van der Waals surface area contributed by atoms with Crippen LogP contribution in [0.15, 0.2) is 16.6 Å². The Hall–Kier alpha value is -0.810. The molecule has 0 fully saturated rings. The van der Waals surface area contributed by atoms with E-state index < -0.39 is 11.6 Å². The van der Waals surface area contributed by atoms with Crippen molar-refractivity contribution in [3.63, 3.8) is 0 Å². The van der Waals surface area contributed by atoms with Gasteiger partial charge >= 0.3 is 0 Å². The van der Waals surface area contributed by atoms with Gasteiger partial charge in [0.1, 0.15) is 0 Å². The summed E-state index contributed by atoms with van der Waals surface area (Å²) in [4.78, 5) is 10.2. The fraction of sp³-hybridized carbons (Fsp3) is 0.364. The molecule has 0 radical (unpaired) electrons. The van der Waals surface area contributed by atoms with Gasteiger partial charge in [-0.25, -0.2) is 8.78 Å². The van der Waals surface area contributed by atoms with Crippen molar-refractivity contribution in [3.8, 4) is 0 Å². The summed E-state index contributed by atoms with van der Waals surface area (Å²) in [6, 6.07) is 1.76. The van der Waals surface area contributed by atoms with Gasteiger partial charge < -0.3 is 4.74 Å². The number of hydrogen-bond acceptors (Lipinski definition) is 2. The number of carbonyl (C=O) groups excluding carboxylic acids is 1. The fourth-order valence-electron chi connectivity index (χ4n) is 0.628. The molecule has 0 heterocycles. The van der Waals surface area contributed by atoms with Gasteiger partial charge in [-0.2, -0.15) is 0 Å². The zero-order valence-electron chi connectivity index (χ0n) is 9.68. The predicted molar refractivity (Wildman–Crippen MR) is 63.7 cm³/mol. The third kappa shape index (κ3) is 6.63. The summed E-state index contributed by atoms with van der Waals surface area (Å²) in [5, 5.41) is 0. The summed E-state index contributed by atoms with van der Waals surface area (Å²) in [6.07, 6.45) is 0.451. The van der Waals surface area contributed by atoms with Gasteiger partial charge in [-0.1, -0.05) is 13.8 Å². The highest BCUT2D eigenvalue weighted by Crippen LogP contribution is 2.18. The molecule has 1 aromatic rings. The van der Waals surface area contributed by atoms with E-state index in [-0.39, 0.29) is 10.0 Å². The van der Waals surface area contributed by atoms with Crippen molar-refractivity contribution in [2.24, 2.45) is 0 Å². The van der Waals surface area contributed by atoms with Crippen LogP contribution in [0.5, 0.6) is 0 Å². The first-order chi connectivity index (χ1) is 7.56. The second-order valence-corrected chi connectivity index (χ2v) is 3.17. The van der Waals surface area contributed by atoms with Gasteiger partial charge in [0.05, 0.1) is 0 Å². The molecule has 0 atom stereocenters. The van der Waals surface area contributed by atoms with Gasteiger partial charge in [-0.05, 0) is 28.1 Å². The molecule has 0 bridgehead atoms. The lowest BCUT2D eigenvalue weighted by Crippen LogP contribution is -1.89. The Morgan fingerprint density at radius 2 is 1.56 bits per heavy atom. The van der Waals surface area contributed by atoms with Crippen LogP contribution in [-0.2, 0) is 4.74 Å². The van der Waals surface area contributed by atoms with E-state index in [0.717, 1.165) is 12.1 Å². The Labute approximate surface area is 103 Å². The van der Waals surface area contributed by atoms with Crippen LogP contribution in [0.4, 0.5) is 8.78 Å². The summed E-state index contributed by atoms with van der Waals surface area (Å²) in [5.74, 6) is -1.99. The van der Waals surface area contributed by atoms with E-state index in [0.29, 0.717) is 6.29 Å². The Morgan fingerprint density at radius 3 is 1.94 bits per heavy atom. The molecule has 0 saturated heterocycles. The third-order valence-electron chi connectivity index (χ3n) is 1.17. The van der Waals surface area contributed by atoms with E-state index in [1.54, 1.807) is 14.2 Å². The van der Waals surface area contributed by atoms with Crippen LogP contribution in [0.3, 0.4) is 0 Å². The second kappa shape index (κ2) is 10.7.